The van der Waals surface area contributed by atoms with E-state index in [1.807, 2.05) is 0 Å². The van der Waals surface area contributed by atoms with Crippen LogP contribution in [0.4, 0.5) is 0 Å². The molecule has 0 bridgehead atoms. The molecule has 0 aliphatic carbocycles. The molecule has 0 saturated carbocycles. The van der Waals surface area contributed by atoms with Crippen molar-refractivity contribution in [1.29, 1.82) is 0 Å². The summed E-state index contributed by atoms with van der Waals surface area (Å²) in [6.45, 7) is -0.470. The van der Waals surface area contributed by atoms with Gasteiger partial charge >= 0.3 is 0 Å². The molecule has 1 fully saturated rings. The second-order valence-corrected chi connectivity index (χ2v) is 2.81. The fourth-order valence-corrected chi connectivity index (χ4v) is 1.12. The van der Waals surface area contributed by atoms with Crippen LogP contribution in [0.5, 0.6) is 0 Å². The number of hydrogen-bond acceptors (Lipinski definition) is 6. The monoisotopic (exact) mass is 179 g/mol. The van der Waals surface area contributed by atoms with Crippen LogP contribution in [0, 0.1) is 0 Å². The SMILES string of the molecule is NC1C(O)[C@H](O)[C@H](CO)O[C@@H]1O. The van der Waals surface area contributed by atoms with Gasteiger partial charge < -0.3 is 30.9 Å². The molecule has 0 amide bonds. The molecule has 6 nitrogen and oxygen atoms in total. The van der Waals surface area contributed by atoms with Crippen LogP contribution in [0.25, 0.3) is 0 Å². The zero-order chi connectivity index (χ0) is 9.30. The molecule has 0 aromatic rings. The maximum atomic E-state index is 9.20. The summed E-state index contributed by atoms with van der Waals surface area (Å²) in [5, 5.41) is 36.1. The summed E-state index contributed by atoms with van der Waals surface area (Å²) in [5.41, 5.74) is 5.26. The summed E-state index contributed by atoms with van der Waals surface area (Å²) in [6, 6.07) is -1.04. The van der Waals surface area contributed by atoms with E-state index in [4.69, 9.17) is 20.7 Å². The molecule has 1 heterocycles. The van der Waals surface area contributed by atoms with Crippen LogP contribution >= 0.6 is 0 Å². The van der Waals surface area contributed by atoms with Crippen molar-refractivity contribution in [2.24, 2.45) is 5.73 Å². The molecule has 5 atom stereocenters. The zero-order valence-electron chi connectivity index (χ0n) is 6.37. The largest absolute Gasteiger partial charge is 0.394 e. The highest BCUT2D eigenvalue weighted by Gasteiger charge is 2.41. The molecule has 1 aliphatic heterocycles. The minimum absolute atomic E-state index is 0.470. The number of ether oxygens (including phenoxy) is 1. The molecule has 0 aromatic carbocycles. The van der Waals surface area contributed by atoms with Crippen molar-refractivity contribution >= 4 is 0 Å². The first-order valence-electron chi connectivity index (χ1n) is 3.64. The van der Waals surface area contributed by atoms with Gasteiger partial charge in [0, 0.05) is 0 Å². The van der Waals surface area contributed by atoms with Crippen LogP contribution in [0.3, 0.4) is 0 Å². The van der Waals surface area contributed by atoms with E-state index in [0.717, 1.165) is 0 Å². The van der Waals surface area contributed by atoms with E-state index in [1.54, 1.807) is 0 Å². The Morgan fingerprint density at radius 3 is 2.25 bits per heavy atom. The second-order valence-electron chi connectivity index (χ2n) is 2.81. The average Bonchev–Trinajstić information content (AvgIpc) is 2.08. The van der Waals surface area contributed by atoms with Gasteiger partial charge in [-0.15, -0.1) is 0 Å². The van der Waals surface area contributed by atoms with E-state index in [9.17, 15) is 10.2 Å². The van der Waals surface area contributed by atoms with Gasteiger partial charge in [-0.2, -0.15) is 0 Å². The van der Waals surface area contributed by atoms with Crippen LogP contribution in [-0.2, 0) is 4.74 Å². The van der Waals surface area contributed by atoms with Crippen LogP contribution in [0.1, 0.15) is 0 Å². The topological polar surface area (TPSA) is 116 Å². The Labute approximate surface area is 69.2 Å². The van der Waals surface area contributed by atoms with Crippen molar-refractivity contribution in [3.63, 3.8) is 0 Å². The summed E-state index contributed by atoms with van der Waals surface area (Å²) in [6.07, 6.45) is -4.85. The van der Waals surface area contributed by atoms with Crippen LogP contribution in [0.15, 0.2) is 0 Å². The predicted octanol–water partition coefficient (Wildman–Crippen LogP) is -3.26. The van der Waals surface area contributed by atoms with Gasteiger partial charge in [0.1, 0.15) is 18.3 Å². The molecule has 6 heteroatoms. The second kappa shape index (κ2) is 3.65. The normalized spacial score (nSPS) is 49.2. The van der Waals surface area contributed by atoms with Gasteiger partial charge in [-0.05, 0) is 0 Å². The van der Waals surface area contributed by atoms with Crippen molar-refractivity contribution in [1.82, 2.24) is 0 Å². The molecular weight excluding hydrogens is 166 g/mol. The van der Waals surface area contributed by atoms with E-state index in [2.05, 4.69) is 0 Å². The Morgan fingerprint density at radius 2 is 1.75 bits per heavy atom. The fraction of sp³-hybridized carbons (Fsp3) is 1.00. The van der Waals surface area contributed by atoms with E-state index in [-0.39, 0.29) is 0 Å². The Kier molecular flexibility index (Phi) is 2.99. The standard InChI is InChI=1S/C6H13NO5/c7-3-5(10)4(9)2(1-8)12-6(3)11/h2-6,8-11H,1,7H2/t2-,3?,4+,5?,6-/m0/s1. The van der Waals surface area contributed by atoms with Gasteiger partial charge in [0.05, 0.1) is 12.6 Å². The summed E-state index contributed by atoms with van der Waals surface area (Å²) in [7, 11) is 0. The van der Waals surface area contributed by atoms with E-state index >= 15 is 0 Å². The highest BCUT2D eigenvalue weighted by molar-refractivity contribution is 4.90. The molecule has 0 radical (unpaired) electrons. The lowest BCUT2D eigenvalue weighted by Gasteiger charge is -2.38. The van der Waals surface area contributed by atoms with Gasteiger partial charge in [0.15, 0.2) is 6.29 Å². The Morgan fingerprint density at radius 1 is 1.17 bits per heavy atom. The van der Waals surface area contributed by atoms with Crippen molar-refractivity contribution in [3.8, 4) is 0 Å². The third-order valence-corrected chi connectivity index (χ3v) is 1.95. The lowest BCUT2D eigenvalue weighted by Crippen LogP contribution is -2.61. The minimum atomic E-state index is -1.35. The molecule has 0 aromatic heterocycles. The third kappa shape index (κ3) is 1.58. The Bertz CT molecular complexity index is 150. The molecule has 12 heavy (non-hydrogen) atoms. The first-order chi connectivity index (χ1) is 5.57. The molecular formula is C6H13NO5. The number of rotatable bonds is 1. The first kappa shape index (κ1) is 9.85. The molecule has 1 rings (SSSR count). The molecule has 6 N–H and O–H groups in total. The number of aliphatic hydroxyl groups excluding tert-OH is 4. The summed E-state index contributed by atoms with van der Waals surface area (Å²) in [4.78, 5) is 0. The summed E-state index contributed by atoms with van der Waals surface area (Å²) >= 11 is 0. The van der Waals surface area contributed by atoms with Crippen LogP contribution in [0.2, 0.25) is 0 Å². The third-order valence-electron chi connectivity index (χ3n) is 1.95. The van der Waals surface area contributed by atoms with Gasteiger partial charge in [0.25, 0.3) is 0 Å². The number of nitrogens with two attached hydrogens (primary N) is 1. The fourth-order valence-electron chi connectivity index (χ4n) is 1.12. The molecule has 2 unspecified atom stereocenters. The quantitative estimate of drug-likeness (QED) is 0.288. The molecule has 72 valence electrons. The van der Waals surface area contributed by atoms with E-state index < -0.39 is 37.3 Å². The maximum absolute atomic E-state index is 9.20. The Balaban J connectivity index is 2.63. The minimum Gasteiger partial charge on any atom is -0.394 e. The smallest absolute Gasteiger partial charge is 0.173 e. The average molecular weight is 179 g/mol. The van der Waals surface area contributed by atoms with Gasteiger partial charge in [-0.25, -0.2) is 0 Å². The predicted molar refractivity (Wildman–Crippen MR) is 38.0 cm³/mol. The molecule has 1 saturated heterocycles. The molecule has 1 aliphatic rings. The van der Waals surface area contributed by atoms with Gasteiger partial charge in [-0.3, -0.25) is 0 Å². The van der Waals surface area contributed by atoms with Crippen LogP contribution in [-0.4, -0.2) is 57.7 Å². The lowest BCUT2D eigenvalue weighted by molar-refractivity contribution is -0.248. The van der Waals surface area contributed by atoms with Crippen molar-refractivity contribution in [2.75, 3.05) is 6.61 Å². The Hall–Kier alpha value is -0.240. The molecule has 0 spiro atoms. The van der Waals surface area contributed by atoms with Gasteiger partial charge in [-0.1, -0.05) is 0 Å². The van der Waals surface area contributed by atoms with Gasteiger partial charge in [0.2, 0.25) is 0 Å². The maximum Gasteiger partial charge on any atom is 0.173 e. The first-order valence-corrected chi connectivity index (χ1v) is 3.64. The van der Waals surface area contributed by atoms with Crippen LogP contribution < -0.4 is 5.73 Å². The summed E-state index contributed by atoms with van der Waals surface area (Å²) < 4.78 is 4.70. The zero-order valence-corrected chi connectivity index (χ0v) is 6.37. The summed E-state index contributed by atoms with van der Waals surface area (Å²) in [5.74, 6) is 0. The lowest BCUT2D eigenvalue weighted by atomic mass is 9.98. The van der Waals surface area contributed by atoms with Crippen molar-refractivity contribution < 1.29 is 25.2 Å². The highest BCUT2D eigenvalue weighted by atomic mass is 16.6. The highest BCUT2D eigenvalue weighted by Crippen LogP contribution is 2.17. The van der Waals surface area contributed by atoms with E-state index in [1.165, 1.54) is 0 Å². The number of aliphatic hydroxyl groups is 4. The number of hydrogen-bond donors (Lipinski definition) is 5. The van der Waals surface area contributed by atoms with E-state index in [0.29, 0.717) is 0 Å². The van der Waals surface area contributed by atoms with Crippen molar-refractivity contribution in [2.45, 2.75) is 30.6 Å². The van der Waals surface area contributed by atoms with Crippen molar-refractivity contribution in [3.05, 3.63) is 0 Å².